The van der Waals surface area contributed by atoms with Gasteiger partial charge in [-0.2, -0.15) is 0 Å². The molecular formula is C12H18SW. The van der Waals surface area contributed by atoms with E-state index in [2.05, 4.69) is 38.6 Å². The Morgan fingerprint density at radius 1 is 1.43 bits per heavy atom. The molecule has 2 atom stereocenters. The Morgan fingerprint density at radius 3 is 2.57 bits per heavy atom. The molecule has 2 heteroatoms. The van der Waals surface area contributed by atoms with Crippen LogP contribution in [0.5, 0.6) is 0 Å². The fourth-order valence-corrected chi connectivity index (χ4v) is 4.37. The summed E-state index contributed by atoms with van der Waals surface area (Å²) >= 11 is 3.75. The number of fused-ring (bicyclic) bond motifs is 2. The van der Waals surface area contributed by atoms with E-state index < -0.39 is 0 Å². The summed E-state index contributed by atoms with van der Waals surface area (Å²) in [4.78, 5) is 1.70. The second-order valence-corrected chi connectivity index (χ2v) is 9.05. The van der Waals surface area contributed by atoms with Crippen molar-refractivity contribution in [2.24, 2.45) is 17.3 Å². The Hall–Kier alpha value is 0.648. The Bertz CT molecular complexity index is 285. The Morgan fingerprint density at radius 2 is 2.14 bits per heavy atom. The summed E-state index contributed by atoms with van der Waals surface area (Å²) in [5.41, 5.74) is 0.392. The summed E-state index contributed by atoms with van der Waals surface area (Å²) in [5.74, 6) is 1.87. The number of hydrogen-bond donors (Lipinski definition) is 0. The molecule has 0 heterocycles. The fourth-order valence-electron chi connectivity index (χ4n) is 2.17. The van der Waals surface area contributed by atoms with Gasteiger partial charge < -0.3 is 0 Å². The molecule has 0 saturated heterocycles. The maximum atomic E-state index is 2.55. The van der Waals surface area contributed by atoms with Gasteiger partial charge in [0.1, 0.15) is 0 Å². The first-order valence-electron chi connectivity index (χ1n) is 5.41. The van der Waals surface area contributed by atoms with E-state index in [0.717, 1.165) is 11.8 Å². The Kier molecular flexibility index (Phi) is 3.11. The zero-order valence-electron chi connectivity index (χ0n) is 9.17. The quantitative estimate of drug-likeness (QED) is 0.705. The number of rotatable bonds is 2. The summed E-state index contributed by atoms with van der Waals surface area (Å²) in [7, 11) is 0. The summed E-state index contributed by atoms with van der Waals surface area (Å²) in [6, 6.07) is 0. The van der Waals surface area contributed by atoms with Gasteiger partial charge in [-0.05, 0) is 0 Å². The van der Waals surface area contributed by atoms with E-state index in [1.54, 1.807) is 27.5 Å². The van der Waals surface area contributed by atoms with E-state index in [0.29, 0.717) is 5.41 Å². The minimum absolute atomic E-state index is 0.392. The van der Waals surface area contributed by atoms with E-state index in [9.17, 15) is 0 Å². The first-order valence-corrected chi connectivity index (χ1v) is 7.69. The molecule has 0 N–H and O–H groups in total. The van der Waals surface area contributed by atoms with Gasteiger partial charge in [0.15, 0.2) is 0 Å². The van der Waals surface area contributed by atoms with Gasteiger partial charge in [-0.15, -0.1) is 0 Å². The molecule has 2 aliphatic carbocycles. The first-order chi connectivity index (χ1) is 6.47. The van der Waals surface area contributed by atoms with Crippen molar-refractivity contribution in [1.82, 2.24) is 0 Å². The molecule has 2 bridgehead atoms. The molecule has 0 aromatic heterocycles. The van der Waals surface area contributed by atoms with Crippen molar-refractivity contribution in [3.8, 4) is 0 Å². The van der Waals surface area contributed by atoms with Gasteiger partial charge >= 0.3 is 103 Å². The van der Waals surface area contributed by atoms with Gasteiger partial charge in [0.25, 0.3) is 0 Å². The van der Waals surface area contributed by atoms with Crippen molar-refractivity contribution in [1.29, 1.82) is 0 Å². The first kappa shape index (κ1) is 11.1. The predicted molar refractivity (Wildman–Crippen MR) is 61.0 cm³/mol. The van der Waals surface area contributed by atoms with E-state index in [-0.39, 0.29) is 0 Å². The molecule has 0 aliphatic heterocycles. The molecule has 2 aliphatic rings. The molecular weight excluding hydrogens is 360 g/mol. The molecule has 78 valence electrons. The Labute approximate surface area is 102 Å². The molecule has 2 rings (SSSR count). The summed E-state index contributed by atoms with van der Waals surface area (Å²) < 4.78 is 1.65. The molecule has 1 fully saturated rings. The molecule has 0 amide bonds. The second-order valence-electron chi connectivity index (χ2n) is 5.48. The van der Waals surface area contributed by atoms with E-state index >= 15 is 0 Å². The summed E-state index contributed by atoms with van der Waals surface area (Å²) in [6.45, 7) is 6.99. The monoisotopic (exact) mass is 378 g/mol. The summed E-state index contributed by atoms with van der Waals surface area (Å²) in [6.07, 6.45) is 6.91. The van der Waals surface area contributed by atoms with Crippen molar-refractivity contribution in [2.45, 2.75) is 40.0 Å². The van der Waals surface area contributed by atoms with Crippen LogP contribution in [0.3, 0.4) is 0 Å². The van der Waals surface area contributed by atoms with Crippen LogP contribution in [0.1, 0.15) is 40.0 Å². The molecule has 0 spiro atoms. The normalized spacial score (nSPS) is 30.6. The van der Waals surface area contributed by atoms with Crippen molar-refractivity contribution in [3.63, 3.8) is 0 Å². The van der Waals surface area contributed by atoms with Gasteiger partial charge in [0.05, 0.1) is 0 Å². The van der Waals surface area contributed by atoms with Gasteiger partial charge in [-0.25, -0.2) is 0 Å². The van der Waals surface area contributed by atoms with E-state index in [1.807, 2.05) is 0 Å². The van der Waals surface area contributed by atoms with Crippen LogP contribution >= 0.6 is 11.8 Å². The van der Waals surface area contributed by atoms with Crippen LogP contribution in [0.4, 0.5) is 0 Å². The van der Waals surface area contributed by atoms with Crippen LogP contribution in [-0.2, 0) is 19.4 Å². The molecule has 1 saturated carbocycles. The molecule has 0 aromatic rings. The topological polar surface area (TPSA) is 0 Å². The SMILES string of the molecule is CC(C)(C)[C](=[W])SC1=CC2CCC1C2. The van der Waals surface area contributed by atoms with Gasteiger partial charge in [0.2, 0.25) is 0 Å². The van der Waals surface area contributed by atoms with Crippen molar-refractivity contribution in [2.75, 3.05) is 0 Å². The van der Waals surface area contributed by atoms with Crippen LogP contribution in [0.15, 0.2) is 11.0 Å². The van der Waals surface area contributed by atoms with Crippen molar-refractivity contribution >= 4 is 15.0 Å². The van der Waals surface area contributed by atoms with Crippen molar-refractivity contribution < 1.29 is 19.4 Å². The Balaban J connectivity index is 2.00. The zero-order valence-corrected chi connectivity index (χ0v) is 12.9. The van der Waals surface area contributed by atoms with Crippen LogP contribution in [-0.4, -0.2) is 3.23 Å². The van der Waals surface area contributed by atoms with E-state index in [1.165, 1.54) is 19.3 Å². The molecule has 14 heavy (non-hydrogen) atoms. The van der Waals surface area contributed by atoms with Crippen molar-refractivity contribution in [3.05, 3.63) is 11.0 Å². The predicted octanol–water partition coefficient (Wildman–Crippen LogP) is 3.76. The van der Waals surface area contributed by atoms with E-state index in [4.69, 9.17) is 0 Å². The third-order valence-electron chi connectivity index (χ3n) is 3.10. The van der Waals surface area contributed by atoms with Crippen LogP contribution in [0, 0.1) is 17.3 Å². The molecule has 0 aromatic carbocycles. The van der Waals surface area contributed by atoms with Gasteiger partial charge in [-0.1, -0.05) is 0 Å². The average molecular weight is 378 g/mol. The minimum atomic E-state index is 0.392. The number of hydrogen-bond acceptors (Lipinski definition) is 1. The fraction of sp³-hybridized carbons (Fsp3) is 0.750. The van der Waals surface area contributed by atoms with Gasteiger partial charge in [-0.3, -0.25) is 0 Å². The number of thioether (sulfide) groups is 1. The standard InChI is InChI=1S/C12H18S.W/c1-12(2,3)8-13-11-7-9-4-5-10(11)6-9;/h7,9-10H,4-6H2,1-3H3;. The molecule has 0 radical (unpaired) electrons. The third kappa shape index (κ3) is 2.25. The molecule has 2 unspecified atom stereocenters. The number of allylic oxidation sites excluding steroid dienone is 2. The third-order valence-corrected chi connectivity index (χ3v) is 7.70. The second kappa shape index (κ2) is 3.90. The molecule has 0 nitrogen and oxygen atoms in total. The van der Waals surface area contributed by atoms with Crippen LogP contribution in [0.25, 0.3) is 0 Å². The summed E-state index contributed by atoms with van der Waals surface area (Å²) in [5, 5.41) is 0. The average Bonchev–Trinajstić information content (AvgIpc) is 2.62. The van der Waals surface area contributed by atoms with Crippen LogP contribution < -0.4 is 0 Å². The zero-order chi connectivity index (χ0) is 10.3. The van der Waals surface area contributed by atoms with Gasteiger partial charge in [0, 0.05) is 0 Å². The maximum absolute atomic E-state index is 2.55. The van der Waals surface area contributed by atoms with Crippen LogP contribution in [0.2, 0.25) is 0 Å².